The lowest BCUT2D eigenvalue weighted by Gasteiger charge is -2.11. The van der Waals surface area contributed by atoms with Gasteiger partial charge in [0, 0.05) is 24.6 Å². The van der Waals surface area contributed by atoms with Crippen LogP contribution in [0.25, 0.3) is 11.1 Å². The first-order chi connectivity index (χ1) is 12.1. The van der Waals surface area contributed by atoms with Gasteiger partial charge in [-0.3, -0.25) is 0 Å². The topological polar surface area (TPSA) is 59.6 Å². The third-order valence-electron chi connectivity index (χ3n) is 3.24. The fraction of sp³-hybridized carbons (Fsp3) is 0.294. The smallest absolute Gasteiger partial charge is 0.341 e. The van der Waals surface area contributed by atoms with Crippen molar-refractivity contribution in [2.75, 3.05) is 32.2 Å². The molecule has 0 spiro atoms. The number of thiophene rings is 1. The van der Waals surface area contributed by atoms with Crippen molar-refractivity contribution in [3.63, 3.8) is 0 Å². The molecular formula is C17H19FN2O3S2. The maximum atomic E-state index is 13.2. The second kappa shape index (κ2) is 9.45. The van der Waals surface area contributed by atoms with E-state index in [4.69, 9.17) is 21.7 Å². The first kappa shape index (κ1) is 19.3. The molecule has 0 aliphatic rings. The van der Waals surface area contributed by atoms with E-state index in [1.165, 1.54) is 23.5 Å². The normalized spacial score (nSPS) is 10.4. The van der Waals surface area contributed by atoms with Gasteiger partial charge in [0.25, 0.3) is 0 Å². The molecule has 0 atom stereocenters. The Labute approximate surface area is 155 Å². The zero-order valence-electron chi connectivity index (χ0n) is 13.9. The van der Waals surface area contributed by atoms with Crippen LogP contribution in [0.1, 0.15) is 17.3 Å². The number of ether oxygens (including phenoxy) is 2. The van der Waals surface area contributed by atoms with Crippen molar-refractivity contribution in [1.82, 2.24) is 5.32 Å². The van der Waals surface area contributed by atoms with Crippen molar-refractivity contribution < 1.29 is 18.7 Å². The minimum atomic E-state index is -0.453. The molecule has 1 aromatic carbocycles. The van der Waals surface area contributed by atoms with Gasteiger partial charge < -0.3 is 20.1 Å². The Morgan fingerprint density at radius 2 is 2.04 bits per heavy atom. The fourth-order valence-electron chi connectivity index (χ4n) is 2.11. The number of halogens is 1. The summed E-state index contributed by atoms with van der Waals surface area (Å²) in [7, 11) is 1.60. The number of nitrogens with one attached hydrogen (secondary N) is 2. The van der Waals surface area contributed by atoms with Crippen LogP contribution in [0, 0.1) is 5.82 Å². The highest BCUT2D eigenvalue weighted by Gasteiger charge is 2.22. The molecule has 2 rings (SSSR count). The average molecular weight is 382 g/mol. The van der Waals surface area contributed by atoms with Gasteiger partial charge in [0.05, 0.1) is 13.2 Å². The average Bonchev–Trinajstić information content (AvgIpc) is 2.99. The SMILES string of the molecule is CCOC(=O)c1c(-c2ccc(F)cc2)csc1NC(=S)NCCOC. The minimum absolute atomic E-state index is 0.257. The Hall–Kier alpha value is -2.03. The number of benzene rings is 1. The molecule has 1 heterocycles. The molecule has 134 valence electrons. The van der Waals surface area contributed by atoms with Crippen LogP contribution in [-0.4, -0.2) is 38.0 Å². The summed E-state index contributed by atoms with van der Waals surface area (Å²) in [5.74, 6) is -0.788. The summed E-state index contributed by atoms with van der Waals surface area (Å²) in [4.78, 5) is 12.4. The molecule has 2 aromatic rings. The van der Waals surface area contributed by atoms with Crippen LogP contribution < -0.4 is 10.6 Å². The lowest BCUT2D eigenvalue weighted by atomic mass is 10.0. The number of esters is 1. The maximum absolute atomic E-state index is 13.2. The van der Waals surface area contributed by atoms with E-state index in [-0.39, 0.29) is 12.4 Å². The summed E-state index contributed by atoms with van der Waals surface area (Å²) < 4.78 is 23.3. The van der Waals surface area contributed by atoms with E-state index in [2.05, 4.69) is 10.6 Å². The standard InChI is InChI=1S/C17H19FN2O3S2/c1-3-23-16(21)14-13(11-4-6-12(18)7-5-11)10-25-15(14)20-17(24)19-8-9-22-2/h4-7,10H,3,8-9H2,1-2H3,(H2,19,20,24). The van der Waals surface area contributed by atoms with Gasteiger partial charge in [0.15, 0.2) is 5.11 Å². The van der Waals surface area contributed by atoms with Gasteiger partial charge in [0.2, 0.25) is 0 Å². The van der Waals surface area contributed by atoms with Crippen molar-refractivity contribution in [3.8, 4) is 11.1 Å². The molecule has 0 unspecified atom stereocenters. The number of hydrogen-bond acceptors (Lipinski definition) is 5. The predicted molar refractivity (Wildman–Crippen MR) is 102 cm³/mol. The molecule has 0 bridgehead atoms. The lowest BCUT2D eigenvalue weighted by molar-refractivity contribution is 0.0529. The Kier molecular flexibility index (Phi) is 7.30. The highest BCUT2D eigenvalue weighted by Crippen LogP contribution is 2.36. The van der Waals surface area contributed by atoms with Crippen molar-refractivity contribution in [1.29, 1.82) is 0 Å². The molecule has 0 radical (unpaired) electrons. The zero-order chi connectivity index (χ0) is 18.2. The van der Waals surface area contributed by atoms with Gasteiger partial charge in [-0.05, 0) is 36.8 Å². The number of thiocarbonyl (C=S) groups is 1. The van der Waals surface area contributed by atoms with Crippen LogP contribution in [0.2, 0.25) is 0 Å². The summed E-state index contributed by atoms with van der Waals surface area (Å²) in [5, 5.41) is 8.79. The summed E-state index contributed by atoms with van der Waals surface area (Å²) in [5.41, 5.74) is 1.78. The molecule has 0 saturated carbocycles. The van der Waals surface area contributed by atoms with E-state index in [0.29, 0.717) is 34.4 Å². The molecule has 0 fully saturated rings. The van der Waals surface area contributed by atoms with E-state index >= 15 is 0 Å². The molecule has 1 aromatic heterocycles. The number of hydrogen-bond donors (Lipinski definition) is 2. The minimum Gasteiger partial charge on any atom is -0.462 e. The largest absolute Gasteiger partial charge is 0.462 e. The highest BCUT2D eigenvalue weighted by atomic mass is 32.1. The highest BCUT2D eigenvalue weighted by molar-refractivity contribution is 7.80. The Balaban J connectivity index is 2.29. The zero-order valence-corrected chi connectivity index (χ0v) is 15.6. The Morgan fingerprint density at radius 3 is 2.68 bits per heavy atom. The molecule has 8 heteroatoms. The van der Waals surface area contributed by atoms with Crippen LogP contribution >= 0.6 is 23.6 Å². The van der Waals surface area contributed by atoms with Crippen LogP contribution in [0.5, 0.6) is 0 Å². The van der Waals surface area contributed by atoms with E-state index in [1.807, 2.05) is 5.38 Å². The molecular weight excluding hydrogens is 363 g/mol. The van der Waals surface area contributed by atoms with Gasteiger partial charge in [-0.1, -0.05) is 12.1 Å². The first-order valence-electron chi connectivity index (χ1n) is 7.65. The number of carbonyl (C=O) groups excluding carboxylic acids is 1. The Bertz CT molecular complexity index is 732. The molecule has 2 N–H and O–H groups in total. The van der Waals surface area contributed by atoms with Crippen LogP contribution in [0.3, 0.4) is 0 Å². The summed E-state index contributed by atoms with van der Waals surface area (Å²) in [6, 6.07) is 5.95. The number of rotatable bonds is 7. The quantitative estimate of drug-likeness (QED) is 0.433. The molecule has 0 saturated heterocycles. The van der Waals surface area contributed by atoms with Crippen molar-refractivity contribution in [2.45, 2.75) is 6.92 Å². The number of carbonyl (C=O) groups is 1. The summed E-state index contributed by atoms with van der Waals surface area (Å²) in [6.45, 7) is 3.06. The molecule has 0 aliphatic carbocycles. The van der Waals surface area contributed by atoms with E-state index in [9.17, 15) is 9.18 Å². The van der Waals surface area contributed by atoms with Gasteiger partial charge in [-0.25, -0.2) is 9.18 Å². The molecule has 0 amide bonds. The van der Waals surface area contributed by atoms with E-state index in [1.54, 1.807) is 26.2 Å². The fourth-order valence-corrected chi connectivity index (χ4v) is 3.34. The maximum Gasteiger partial charge on any atom is 0.341 e. The van der Waals surface area contributed by atoms with Gasteiger partial charge in [-0.2, -0.15) is 0 Å². The summed E-state index contributed by atoms with van der Waals surface area (Å²) in [6.07, 6.45) is 0. The predicted octanol–water partition coefficient (Wildman–Crippen LogP) is 3.66. The number of anilines is 1. The second-order valence-electron chi connectivity index (χ2n) is 4.95. The van der Waals surface area contributed by atoms with Gasteiger partial charge >= 0.3 is 5.97 Å². The Morgan fingerprint density at radius 1 is 1.32 bits per heavy atom. The third kappa shape index (κ3) is 5.22. The van der Waals surface area contributed by atoms with Crippen molar-refractivity contribution in [2.24, 2.45) is 0 Å². The van der Waals surface area contributed by atoms with Gasteiger partial charge in [0.1, 0.15) is 16.4 Å². The molecule has 5 nitrogen and oxygen atoms in total. The molecule has 25 heavy (non-hydrogen) atoms. The lowest BCUT2D eigenvalue weighted by Crippen LogP contribution is -2.31. The van der Waals surface area contributed by atoms with E-state index < -0.39 is 5.97 Å². The molecule has 0 aliphatic heterocycles. The third-order valence-corrected chi connectivity index (χ3v) is 4.39. The first-order valence-corrected chi connectivity index (χ1v) is 8.94. The van der Waals surface area contributed by atoms with Crippen LogP contribution in [-0.2, 0) is 9.47 Å². The van der Waals surface area contributed by atoms with Crippen LogP contribution in [0.15, 0.2) is 29.6 Å². The van der Waals surface area contributed by atoms with Crippen molar-refractivity contribution in [3.05, 3.63) is 41.0 Å². The second-order valence-corrected chi connectivity index (χ2v) is 6.24. The van der Waals surface area contributed by atoms with Crippen molar-refractivity contribution >= 4 is 39.6 Å². The number of methoxy groups -OCH3 is 1. The van der Waals surface area contributed by atoms with E-state index in [0.717, 1.165) is 5.56 Å². The van der Waals surface area contributed by atoms with Crippen LogP contribution in [0.4, 0.5) is 9.39 Å². The van der Waals surface area contributed by atoms with Gasteiger partial charge in [-0.15, -0.1) is 11.3 Å². The summed E-state index contributed by atoms with van der Waals surface area (Å²) >= 11 is 6.56. The monoisotopic (exact) mass is 382 g/mol.